The van der Waals surface area contributed by atoms with Crippen LogP contribution >= 0.6 is 0 Å². The fourth-order valence-corrected chi connectivity index (χ4v) is 3.34. The second-order valence-corrected chi connectivity index (χ2v) is 7.66. The Hall–Kier alpha value is -1.02. The Kier molecular flexibility index (Phi) is 15.4. The Morgan fingerprint density at radius 1 is 0.731 bits per heavy atom. The molecule has 0 aromatic heterocycles. The first-order chi connectivity index (χ1) is 12.8. The van der Waals surface area contributed by atoms with Gasteiger partial charge in [0.15, 0.2) is 0 Å². The van der Waals surface area contributed by atoms with Crippen LogP contribution in [0, 0.1) is 6.92 Å². The summed E-state index contributed by atoms with van der Waals surface area (Å²) in [5.41, 5.74) is 1.25. The van der Waals surface area contributed by atoms with Crippen molar-refractivity contribution in [3.8, 4) is 5.75 Å². The maximum Gasteiger partial charge on any atom is 0.119 e. The summed E-state index contributed by atoms with van der Waals surface area (Å²) in [7, 11) is 0. The summed E-state index contributed by atoms with van der Waals surface area (Å²) < 4.78 is 5.74. The molecule has 0 aliphatic heterocycles. The number of hydrogen-bond acceptors (Lipinski definition) is 2. The van der Waals surface area contributed by atoms with Crippen molar-refractivity contribution in [1.29, 1.82) is 0 Å². The first-order valence-corrected chi connectivity index (χ1v) is 11.2. The summed E-state index contributed by atoms with van der Waals surface area (Å²) in [6.07, 6.45) is 18.4. The minimum absolute atomic E-state index is 0.752. The predicted molar refractivity (Wildman–Crippen MR) is 115 cm³/mol. The average Bonchev–Trinajstić information content (AvgIpc) is 2.64. The third kappa shape index (κ3) is 14.2. The molecule has 0 aliphatic carbocycles. The molecule has 150 valence electrons. The molecular weight excluding hydrogens is 318 g/mol. The molecule has 0 aliphatic rings. The van der Waals surface area contributed by atoms with Gasteiger partial charge in [-0.15, -0.1) is 0 Å². The number of benzene rings is 1. The van der Waals surface area contributed by atoms with Gasteiger partial charge in [0.2, 0.25) is 0 Å². The standard InChI is InChI=1S/C24H43NO/c1-3-4-5-6-7-8-9-10-11-12-13-14-15-19-25-20-21-26-24-18-16-17-23(2)22-24/h16-18,22,25H,3-15,19-21H2,1-2H3. The molecule has 0 heterocycles. The number of hydrogen-bond donors (Lipinski definition) is 1. The molecule has 0 atom stereocenters. The van der Waals surface area contributed by atoms with E-state index in [-0.39, 0.29) is 0 Å². The molecule has 0 saturated heterocycles. The number of ether oxygens (including phenoxy) is 1. The molecule has 0 fully saturated rings. The molecular formula is C24H43NO. The third-order valence-electron chi connectivity index (χ3n) is 4.99. The van der Waals surface area contributed by atoms with Gasteiger partial charge in [0.25, 0.3) is 0 Å². The van der Waals surface area contributed by atoms with Gasteiger partial charge in [0.1, 0.15) is 12.4 Å². The van der Waals surface area contributed by atoms with Gasteiger partial charge in [-0.25, -0.2) is 0 Å². The zero-order valence-electron chi connectivity index (χ0n) is 17.5. The molecule has 1 rings (SSSR count). The quantitative estimate of drug-likeness (QED) is 0.283. The Morgan fingerprint density at radius 3 is 1.88 bits per heavy atom. The van der Waals surface area contributed by atoms with Gasteiger partial charge in [-0.3, -0.25) is 0 Å². The molecule has 1 N–H and O–H groups in total. The fourth-order valence-electron chi connectivity index (χ4n) is 3.34. The van der Waals surface area contributed by atoms with Crippen LogP contribution in [0.5, 0.6) is 5.75 Å². The van der Waals surface area contributed by atoms with Crippen LogP contribution in [0.1, 0.15) is 96.0 Å². The minimum atomic E-state index is 0.752. The van der Waals surface area contributed by atoms with Crippen molar-refractivity contribution in [2.24, 2.45) is 0 Å². The van der Waals surface area contributed by atoms with Crippen LogP contribution in [-0.4, -0.2) is 19.7 Å². The number of nitrogens with one attached hydrogen (secondary N) is 1. The summed E-state index contributed by atoms with van der Waals surface area (Å²) >= 11 is 0. The van der Waals surface area contributed by atoms with E-state index in [0.29, 0.717) is 0 Å². The maximum absolute atomic E-state index is 5.74. The van der Waals surface area contributed by atoms with Crippen molar-refractivity contribution >= 4 is 0 Å². The molecule has 0 saturated carbocycles. The highest BCUT2D eigenvalue weighted by Crippen LogP contribution is 2.13. The molecule has 0 bridgehead atoms. The highest BCUT2D eigenvalue weighted by Gasteiger charge is 1.95. The largest absolute Gasteiger partial charge is 0.492 e. The monoisotopic (exact) mass is 361 g/mol. The van der Waals surface area contributed by atoms with E-state index < -0.39 is 0 Å². The van der Waals surface area contributed by atoms with Crippen LogP contribution in [0.3, 0.4) is 0 Å². The van der Waals surface area contributed by atoms with Gasteiger partial charge in [-0.05, 0) is 37.6 Å². The number of rotatable bonds is 18. The number of unbranched alkanes of at least 4 members (excludes halogenated alkanes) is 12. The second kappa shape index (κ2) is 17.4. The van der Waals surface area contributed by atoms with E-state index in [1.54, 1.807) is 0 Å². The van der Waals surface area contributed by atoms with E-state index in [9.17, 15) is 0 Å². The first-order valence-electron chi connectivity index (χ1n) is 11.2. The van der Waals surface area contributed by atoms with Crippen molar-refractivity contribution in [3.05, 3.63) is 29.8 Å². The van der Waals surface area contributed by atoms with Crippen LogP contribution in [-0.2, 0) is 0 Å². The molecule has 2 heteroatoms. The lowest BCUT2D eigenvalue weighted by Crippen LogP contribution is -2.22. The average molecular weight is 362 g/mol. The highest BCUT2D eigenvalue weighted by atomic mass is 16.5. The smallest absolute Gasteiger partial charge is 0.119 e. The molecule has 1 aromatic rings. The minimum Gasteiger partial charge on any atom is -0.492 e. The predicted octanol–water partition coefficient (Wildman–Crippen LogP) is 7.05. The molecule has 0 radical (unpaired) electrons. The second-order valence-electron chi connectivity index (χ2n) is 7.66. The lowest BCUT2D eigenvalue weighted by atomic mass is 10.0. The summed E-state index contributed by atoms with van der Waals surface area (Å²) in [5.74, 6) is 0.979. The summed E-state index contributed by atoms with van der Waals surface area (Å²) in [4.78, 5) is 0. The Balaban J connectivity index is 1.73. The Morgan fingerprint density at radius 2 is 1.31 bits per heavy atom. The van der Waals surface area contributed by atoms with E-state index in [0.717, 1.165) is 25.4 Å². The van der Waals surface area contributed by atoms with Crippen LogP contribution in [0.25, 0.3) is 0 Å². The summed E-state index contributed by atoms with van der Waals surface area (Å²) in [6.45, 7) is 7.19. The van der Waals surface area contributed by atoms with E-state index in [4.69, 9.17) is 4.74 Å². The molecule has 1 aromatic carbocycles. The van der Waals surface area contributed by atoms with Crippen molar-refractivity contribution in [2.45, 2.75) is 97.3 Å². The molecule has 2 nitrogen and oxygen atoms in total. The third-order valence-corrected chi connectivity index (χ3v) is 4.99. The van der Waals surface area contributed by atoms with E-state index >= 15 is 0 Å². The van der Waals surface area contributed by atoms with E-state index in [2.05, 4.69) is 31.3 Å². The van der Waals surface area contributed by atoms with Crippen molar-refractivity contribution < 1.29 is 4.74 Å². The van der Waals surface area contributed by atoms with Crippen LogP contribution in [0.2, 0.25) is 0 Å². The highest BCUT2D eigenvalue weighted by molar-refractivity contribution is 5.27. The van der Waals surface area contributed by atoms with Crippen molar-refractivity contribution in [1.82, 2.24) is 5.32 Å². The Bertz CT molecular complexity index is 418. The summed E-state index contributed by atoms with van der Waals surface area (Å²) in [6, 6.07) is 8.26. The number of aryl methyl sites for hydroxylation is 1. The van der Waals surface area contributed by atoms with Gasteiger partial charge in [0.05, 0.1) is 0 Å². The van der Waals surface area contributed by atoms with Crippen LogP contribution < -0.4 is 10.1 Å². The van der Waals surface area contributed by atoms with Gasteiger partial charge < -0.3 is 10.1 Å². The SMILES string of the molecule is CCCCCCCCCCCCCCCNCCOc1cccc(C)c1. The van der Waals surface area contributed by atoms with Crippen molar-refractivity contribution in [3.63, 3.8) is 0 Å². The topological polar surface area (TPSA) is 21.3 Å². The van der Waals surface area contributed by atoms with E-state index in [1.807, 2.05) is 12.1 Å². The zero-order chi connectivity index (χ0) is 18.7. The van der Waals surface area contributed by atoms with Crippen LogP contribution in [0.15, 0.2) is 24.3 Å². The molecule has 26 heavy (non-hydrogen) atoms. The molecule has 0 spiro atoms. The summed E-state index contributed by atoms with van der Waals surface area (Å²) in [5, 5.41) is 3.48. The lowest BCUT2D eigenvalue weighted by Gasteiger charge is -2.08. The van der Waals surface area contributed by atoms with Crippen LogP contribution in [0.4, 0.5) is 0 Å². The molecule has 0 amide bonds. The first kappa shape index (κ1) is 23.0. The van der Waals surface area contributed by atoms with Gasteiger partial charge >= 0.3 is 0 Å². The van der Waals surface area contributed by atoms with Gasteiger partial charge in [0, 0.05) is 6.54 Å². The van der Waals surface area contributed by atoms with E-state index in [1.165, 1.54) is 89.0 Å². The molecule has 0 unspecified atom stereocenters. The maximum atomic E-state index is 5.74. The fraction of sp³-hybridized carbons (Fsp3) is 0.750. The van der Waals surface area contributed by atoms with Gasteiger partial charge in [-0.2, -0.15) is 0 Å². The Labute approximate surface area is 163 Å². The van der Waals surface area contributed by atoms with Crippen molar-refractivity contribution in [2.75, 3.05) is 19.7 Å². The van der Waals surface area contributed by atoms with Gasteiger partial charge in [-0.1, -0.05) is 96.1 Å². The lowest BCUT2D eigenvalue weighted by molar-refractivity contribution is 0.313. The zero-order valence-corrected chi connectivity index (χ0v) is 17.5. The normalized spacial score (nSPS) is 11.0.